The van der Waals surface area contributed by atoms with Gasteiger partial charge in [0.1, 0.15) is 23.2 Å². The summed E-state index contributed by atoms with van der Waals surface area (Å²) in [4.78, 5) is 8.99. The molecule has 5 heteroatoms. The van der Waals surface area contributed by atoms with E-state index < -0.39 is 0 Å². The Hall–Kier alpha value is -3.08. The summed E-state index contributed by atoms with van der Waals surface area (Å²) < 4.78 is 5.40. The smallest absolute Gasteiger partial charge is 0.136 e. The maximum atomic E-state index is 5.40. The lowest BCUT2D eigenvalue weighted by molar-refractivity contribution is 0.410. The van der Waals surface area contributed by atoms with Crippen LogP contribution in [-0.4, -0.2) is 17.1 Å². The first-order valence-electron chi connectivity index (χ1n) is 8.76. The Labute approximate surface area is 154 Å². The number of nitrogens with one attached hydrogen (secondary N) is 2. The molecule has 0 aliphatic rings. The van der Waals surface area contributed by atoms with E-state index in [0.717, 1.165) is 35.1 Å². The largest absolute Gasteiger partial charge is 0.496 e. The standard InChI is InChI=1S/C21H24N4O/c1-4-16-9-5-7-11-18(16)25-21-13-20(23-15(2)24-21)22-14-17-10-6-8-12-19(17)26-3/h5-13H,4,14H2,1-3H3,(H2,22,23,24,25). The molecule has 2 aromatic carbocycles. The molecule has 0 saturated carbocycles. The third-order valence-electron chi connectivity index (χ3n) is 4.15. The van der Waals surface area contributed by atoms with E-state index in [-0.39, 0.29) is 0 Å². The van der Waals surface area contributed by atoms with E-state index in [1.54, 1.807) is 7.11 Å². The normalized spacial score (nSPS) is 10.4. The van der Waals surface area contributed by atoms with E-state index in [2.05, 4.69) is 45.7 Å². The van der Waals surface area contributed by atoms with Crippen LogP contribution in [-0.2, 0) is 13.0 Å². The summed E-state index contributed by atoms with van der Waals surface area (Å²) in [6, 6.07) is 18.1. The predicted octanol–water partition coefficient (Wildman–Crippen LogP) is 4.71. The Kier molecular flexibility index (Phi) is 5.69. The van der Waals surface area contributed by atoms with Crippen molar-refractivity contribution < 1.29 is 4.74 Å². The highest BCUT2D eigenvalue weighted by atomic mass is 16.5. The van der Waals surface area contributed by atoms with E-state index in [9.17, 15) is 0 Å². The Bertz CT molecular complexity index is 879. The SMILES string of the molecule is CCc1ccccc1Nc1cc(NCc2ccccc2OC)nc(C)n1. The first-order valence-corrected chi connectivity index (χ1v) is 8.76. The van der Waals surface area contributed by atoms with Crippen molar-refractivity contribution in [3.63, 3.8) is 0 Å². The van der Waals surface area contributed by atoms with Crippen LogP contribution in [0.3, 0.4) is 0 Å². The van der Waals surface area contributed by atoms with Crippen LogP contribution in [0.2, 0.25) is 0 Å². The van der Waals surface area contributed by atoms with Crippen LogP contribution in [0.1, 0.15) is 23.9 Å². The summed E-state index contributed by atoms with van der Waals surface area (Å²) in [5.74, 6) is 3.13. The highest BCUT2D eigenvalue weighted by Crippen LogP contribution is 2.23. The molecule has 3 aromatic rings. The molecule has 1 aromatic heterocycles. The average Bonchev–Trinajstić information content (AvgIpc) is 2.66. The van der Waals surface area contributed by atoms with Gasteiger partial charge in [0.2, 0.25) is 0 Å². The van der Waals surface area contributed by atoms with Gasteiger partial charge in [-0.1, -0.05) is 43.3 Å². The van der Waals surface area contributed by atoms with Gasteiger partial charge in [0.05, 0.1) is 7.11 Å². The second-order valence-electron chi connectivity index (χ2n) is 5.99. The second-order valence-corrected chi connectivity index (χ2v) is 5.99. The summed E-state index contributed by atoms with van der Waals surface area (Å²) in [5, 5.41) is 6.77. The topological polar surface area (TPSA) is 59.1 Å². The maximum absolute atomic E-state index is 5.40. The molecule has 0 bridgehead atoms. The van der Waals surface area contributed by atoms with Crippen molar-refractivity contribution in [1.82, 2.24) is 9.97 Å². The molecular formula is C21H24N4O. The molecule has 0 aliphatic heterocycles. The van der Waals surface area contributed by atoms with Crippen LogP contribution in [0.25, 0.3) is 0 Å². The van der Waals surface area contributed by atoms with Crippen molar-refractivity contribution in [2.24, 2.45) is 0 Å². The molecule has 26 heavy (non-hydrogen) atoms. The molecule has 0 saturated heterocycles. The van der Waals surface area contributed by atoms with E-state index in [4.69, 9.17) is 4.74 Å². The van der Waals surface area contributed by atoms with Crippen molar-refractivity contribution in [3.8, 4) is 5.75 Å². The van der Waals surface area contributed by atoms with Crippen LogP contribution in [0, 0.1) is 6.92 Å². The van der Waals surface area contributed by atoms with Gasteiger partial charge in [0.15, 0.2) is 0 Å². The van der Waals surface area contributed by atoms with Gasteiger partial charge in [0.25, 0.3) is 0 Å². The summed E-state index contributed by atoms with van der Waals surface area (Å²) in [5.41, 5.74) is 3.41. The monoisotopic (exact) mass is 348 g/mol. The molecule has 0 unspecified atom stereocenters. The molecule has 0 fully saturated rings. The van der Waals surface area contributed by atoms with Gasteiger partial charge in [-0.25, -0.2) is 9.97 Å². The predicted molar refractivity (Wildman–Crippen MR) is 106 cm³/mol. The maximum Gasteiger partial charge on any atom is 0.136 e. The first kappa shape index (κ1) is 17.7. The van der Waals surface area contributed by atoms with Gasteiger partial charge in [-0.2, -0.15) is 0 Å². The second kappa shape index (κ2) is 8.34. The number of hydrogen-bond donors (Lipinski definition) is 2. The third kappa shape index (κ3) is 4.30. The number of anilines is 3. The van der Waals surface area contributed by atoms with Gasteiger partial charge in [-0.3, -0.25) is 0 Å². The fourth-order valence-electron chi connectivity index (χ4n) is 2.85. The zero-order chi connectivity index (χ0) is 18.4. The van der Waals surface area contributed by atoms with Gasteiger partial charge >= 0.3 is 0 Å². The molecule has 0 radical (unpaired) electrons. The van der Waals surface area contributed by atoms with E-state index in [1.807, 2.05) is 43.3 Å². The number of aryl methyl sites for hydroxylation is 2. The molecule has 0 spiro atoms. The van der Waals surface area contributed by atoms with Crippen molar-refractivity contribution in [2.45, 2.75) is 26.8 Å². The number of benzene rings is 2. The van der Waals surface area contributed by atoms with Crippen LogP contribution >= 0.6 is 0 Å². The van der Waals surface area contributed by atoms with Crippen LogP contribution < -0.4 is 15.4 Å². The van der Waals surface area contributed by atoms with Crippen molar-refractivity contribution in [3.05, 3.63) is 71.5 Å². The van der Waals surface area contributed by atoms with Crippen LogP contribution in [0.15, 0.2) is 54.6 Å². The lowest BCUT2D eigenvalue weighted by Crippen LogP contribution is -2.06. The van der Waals surface area contributed by atoms with Crippen molar-refractivity contribution >= 4 is 17.3 Å². The quantitative estimate of drug-likeness (QED) is 0.647. The summed E-state index contributed by atoms with van der Waals surface area (Å²) in [6.45, 7) is 4.67. The Morgan fingerprint density at radius 1 is 0.923 bits per heavy atom. The number of methoxy groups -OCH3 is 1. The summed E-state index contributed by atoms with van der Waals surface area (Å²) >= 11 is 0. The zero-order valence-corrected chi connectivity index (χ0v) is 15.4. The molecule has 2 N–H and O–H groups in total. The minimum absolute atomic E-state index is 0.630. The third-order valence-corrected chi connectivity index (χ3v) is 4.15. The molecule has 0 atom stereocenters. The number of nitrogens with zero attached hydrogens (tertiary/aromatic N) is 2. The van der Waals surface area contributed by atoms with Gasteiger partial charge in [-0.15, -0.1) is 0 Å². The summed E-state index contributed by atoms with van der Waals surface area (Å²) in [7, 11) is 1.68. The van der Waals surface area contributed by atoms with E-state index >= 15 is 0 Å². The van der Waals surface area contributed by atoms with Gasteiger partial charge in [-0.05, 0) is 31.0 Å². The average molecular weight is 348 g/mol. The van der Waals surface area contributed by atoms with E-state index in [1.165, 1.54) is 5.56 Å². The molecule has 0 amide bonds. The van der Waals surface area contributed by atoms with Crippen molar-refractivity contribution in [1.29, 1.82) is 0 Å². The molecule has 5 nitrogen and oxygen atoms in total. The Morgan fingerprint density at radius 3 is 2.38 bits per heavy atom. The number of rotatable bonds is 7. The van der Waals surface area contributed by atoms with Gasteiger partial charge in [0, 0.05) is 23.9 Å². The van der Waals surface area contributed by atoms with Crippen LogP contribution in [0.4, 0.5) is 17.3 Å². The fraction of sp³-hybridized carbons (Fsp3) is 0.238. The highest BCUT2D eigenvalue weighted by molar-refractivity contribution is 5.62. The molecule has 1 heterocycles. The van der Waals surface area contributed by atoms with Crippen molar-refractivity contribution in [2.75, 3.05) is 17.7 Å². The first-order chi connectivity index (χ1) is 12.7. The molecule has 3 rings (SSSR count). The number of ether oxygens (including phenoxy) is 1. The summed E-state index contributed by atoms with van der Waals surface area (Å²) in [6.07, 6.45) is 0.964. The lowest BCUT2D eigenvalue weighted by atomic mass is 10.1. The lowest BCUT2D eigenvalue weighted by Gasteiger charge is -2.13. The zero-order valence-electron chi connectivity index (χ0n) is 15.4. The van der Waals surface area contributed by atoms with Gasteiger partial charge < -0.3 is 15.4 Å². The van der Waals surface area contributed by atoms with E-state index in [0.29, 0.717) is 12.4 Å². The Balaban J connectivity index is 1.77. The fourth-order valence-corrected chi connectivity index (χ4v) is 2.85. The number of hydrogen-bond acceptors (Lipinski definition) is 5. The minimum Gasteiger partial charge on any atom is -0.496 e. The minimum atomic E-state index is 0.630. The molecular weight excluding hydrogens is 324 g/mol. The molecule has 134 valence electrons. The van der Waals surface area contributed by atoms with Crippen LogP contribution in [0.5, 0.6) is 5.75 Å². The Morgan fingerprint density at radius 2 is 1.62 bits per heavy atom. The number of para-hydroxylation sites is 2. The highest BCUT2D eigenvalue weighted by Gasteiger charge is 2.06. The number of aromatic nitrogens is 2. The molecule has 0 aliphatic carbocycles.